The van der Waals surface area contributed by atoms with Crippen molar-refractivity contribution in [1.82, 2.24) is 9.97 Å². The minimum atomic E-state index is -5.03. The monoisotopic (exact) mass is 479 g/mol. The van der Waals surface area contributed by atoms with Gasteiger partial charge in [-0.25, -0.2) is 14.4 Å². The molecule has 3 aromatic rings. The number of benzene rings is 2. The molecule has 0 aliphatic rings. The fourth-order valence-corrected chi connectivity index (χ4v) is 2.44. The Hall–Kier alpha value is -3.54. The number of halogens is 7. The summed E-state index contributed by atoms with van der Waals surface area (Å²) in [4.78, 5) is 18.7. The molecule has 0 unspecified atom stereocenters. The lowest BCUT2D eigenvalue weighted by molar-refractivity contribution is -0.137. The number of hydrogen-bond acceptors (Lipinski definition) is 5. The van der Waals surface area contributed by atoms with E-state index in [2.05, 4.69) is 14.7 Å². The Balaban J connectivity index is 0.000000520. The van der Waals surface area contributed by atoms with Crippen molar-refractivity contribution in [3.63, 3.8) is 0 Å². The summed E-state index contributed by atoms with van der Waals surface area (Å²) < 4.78 is 86.2. The number of amides is 1. The molecule has 13 heteroatoms. The quantitative estimate of drug-likeness (QED) is 0.490. The lowest BCUT2D eigenvalue weighted by Gasteiger charge is -2.16. The number of carbonyl (C=O) groups excluding carboxylic acids is 1. The second-order valence-electron chi connectivity index (χ2n) is 5.64. The van der Waals surface area contributed by atoms with E-state index in [-0.39, 0.29) is 11.5 Å². The molecule has 2 N–H and O–H groups in total. The van der Waals surface area contributed by atoms with Crippen LogP contribution in [0.25, 0.3) is 0 Å². The molecule has 0 bridgehead atoms. The Labute approximate surface area is 181 Å². The Morgan fingerprint density at radius 3 is 2.03 bits per heavy atom. The van der Waals surface area contributed by atoms with E-state index in [1.54, 1.807) is 18.5 Å². The normalized spacial score (nSPS) is 10.9. The van der Waals surface area contributed by atoms with Crippen molar-refractivity contribution >= 4 is 17.5 Å². The number of primary amides is 1. The van der Waals surface area contributed by atoms with Crippen LogP contribution in [-0.4, -0.2) is 22.5 Å². The molecule has 1 aromatic heterocycles. The molecule has 0 aliphatic heterocycles. The third-order valence-corrected chi connectivity index (χ3v) is 3.85. The average Bonchev–Trinajstić information content (AvgIpc) is 2.72. The highest BCUT2D eigenvalue weighted by molar-refractivity contribution is 6.32. The summed E-state index contributed by atoms with van der Waals surface area (Å²) in [5.74, 6) is -4.38. The summed E-state index contributed by atoms with van der Waals surface area (Å²) in [6, 6.07) is 6.27. The molecule has 0 radical (unpaired) electrons. The minimum Gasteiger partial charge on any atom is -0.456 e. The van der Waals surface area contributed by atoms with E-state index in [0.29, 0.717) is 6.07 Å². The number of nitrogens with zero attached hydrogens (tertiary/aromatic N) is 2. The van der Waals surface area contributed by atoms with Gasteiger partial charge in [0.15, 0.2) is 5.82 Å². The van der Waals surface area contributed by atoms with Gasteiger partial charge in [0, 0.05) is 12.4 Å². The highest BCUT2D eigenvalue weighted by atomic mass is 35.5. The zero-order valence-corrected chi connectivity index (χ0v) is 16.4. The highest BCUT2D eigenvalue weighted by Crippen LogP contribution is 2.41. The van der Waals surface area contributed by atoms with E-state index < -0.39 is 46.4 Å². The molecule has 2 aromatic carbocycles. The maximum absolute atomic E-state index is 14.1. The van der Waals surface area contributed by atoms with Crippen molar-refractivity contribution in [2.45, 2.75) is 12.8 Å². The molecule has 0 saturated carbocycles. The minimum absolute atomic E-state index is 0.191. The molecule has 170 valence electrons. The molecular formula is C19H12ClF6N3O3. The van der Waals surface area contributed by atoms with Gasteiger partial charge in [-0.1, -0.05) is 11.6 Å². The average molecular weight is 480 g/mol. The second kappa shape index (κ2) is 10.7. The molecule has 0 spiro atoms. The smallest absolute Gasteiger partial charge is 0.418 e. The summed E-state index contributed by atoms with van der Waals surface area (Å²) >= 11 is 5.33. The standard InChI is InChI=1S/C15H8ClF6NO3.C4H4N2/c16-11-8(15(20,21)22)5-9(10(12(11)17)13(23)24)25-6-1-3-7(4-2-6)26-14(18)19;1-2-5-4-6-3-1/h1-5,14H,(H2,23,24);1-4H. The topological polar surface area (TPSA) is 87.3 Å². The first-order valence-electron chi connectivity index (χ1n) is 8.32. The van der Waals surface area contributed by atoms with Gasteiger partial charge in [0.2, 0.25) is 0 Å². The van der Waals surface area contributed by atoms with Crippen LogP contribution in [0, 0.1) is 5.82 Å². The molecule has 0 saturated heterocycles. The van der Waals surface area contributed by atoms with E-state index >= 15 is 0 Å². The summed E-state index contributed by atoms with van der Waals surface area (Å²) in [6.07, 6.45) is -0.152. The van der Waals surface area contributed by atoms with Crippen molar-refractivity contribution in [1.29, 1.82) is 0 Å². The van der Waals surface area contributed by atoms with Crippen LogP contribution in [0.4, 0.5) is 26.3 Å². The first-order chi connectivity index (χ1) is 15.0. The van der Waals surface area contributed by atoms with Crippen LogP contribution in [0.15, 0.2) is 55.1 Å². The zero-order chi connectivity index (χ0) is 23.9. The summed E-state index contributed by atoms with van der Waals surface area (Å²) in [7, 11) is 0. The summed E-state index contributed by atoms with van der Waals surface area (Å²) in [6.45, 7) is -3.08. The van der Waals surface area contributed by atoms with Crippen molar-refractivity contribution in [2.24, 2.45) is 5.73 Å². The highest BCUT2D eigenvalue weighted by Gasteiger charge is 2.37. The molecule has 0 atom stereocenters. The van der Waals surface area contributed by atoms with Gasteiger partial charge in [-0.05, 0) is 36.4 Å². The Kier molecular flexibility index (Phi) is 8.24. The van der Waals surface area contributed by atoms with E-state index in [9.17, 15) is 31.1 Å². The first-order valence-corrected chi connectivity index (χ1v) is 8.70. The number of rotatable bonds is 5. The number of ether oxygens (including phenoxy) is 2. The van der Waals surface area contributed by atoms with Crippen molar-refractivity contribution in [2.75, 3.05) is 0 Å². The van der Waals surface area contributed by atoms with Crippen molar-refractivity contribution < 1.29 is 40.6 Å². The molecule has 0 fully saturated rings. The lowest BCUT2D eigenvalue weighted by Crippen LogP contribution is -2.17. The third-order valence-electron chi connectivity index (χ3n) is 3.48. The molecule has 3 rings (SSSR count). The van der Waals surface area contributed by atoms with Crippen LogP contribution in [0.5, 0.6) is 17.2 Å². The largest absolute Gasteiger partial charge is 0.456 e. The Morgan fingerprint density at radius 1 is 1.06 bits per heavy atom. The van der Waals surface area contributed by atoms with E-state index in [0.717, 1.165) is 24.3 Å². The van der Waals surface area contributed by atoms with Crippen LogP contribution in [0.3, 0.4) is 0 Å². The number of hydrogen-bond donors (Lipinski definition) is 1. The van der Waals surface area contributed by atoms with Crippen LogP contribution in [-0.2, 0) is 6.18 Å². The van der Waals surface area contributed by atoms with Crippen LogP contribution in [0.1, 0.15) is 15.9 Å². The Bertz CT molecular complexity index is 1020. The maximum atomic E-state index is 14.1. The molecule has 0 aliphatic carbocycles. The number of nitrogens with two attached hydrogens (primary N) is 1. The van der Waals surface area contributed by atoms with Crippen molar-refractivity contribution in [3.05, 3.63) is 77.1 Å². The zero-order valence-electron chi connectivity index (χ0n) is 15.6. The van der Waals surface area contributed by atoms with E-state index in [1.807, 2.05) is 0 Å². The van der Waals surface area contributed by atoms with Gasteiger partial charge in [0.05, 0.1) is 10.6 Å². The van der Waals surface area contributed by atoms with Crippen LogP contribution in [0.2, 0.25) is 5.02 Å². The number of alkyl halides is 5. The predicted molar refractivity (Wildman–Crippen MR) is 100 cm³/mol. The SMILES string of the molecule is NC(=O)c1c(Oc2ccc(OC(F)F)cc2)cc(C(F)(F)F)c(Cl)c1F.c1cncnc1. The van der Waals surface area contributed by atoms with Gasteiger partial charge < -0.3 is 15.2 Å². The Morgan fingerprint density at radius 2 is 1.62 bits per heavy atom. The maximum Gasteiger partial charge on any atom is 0.418 e. The molecule has 6 nitrogen and oxygen atoms in total. The van der Waals surface area contributed by atoms with E-state index in [4.69, 9.17) is 22.1 Å². The fraction of sp³-hybridized carbons (Fsp3) is 0.105. The number of aromatic nitrogens is 2. The van der Waals surface area contributed by atoms with Gasteiger partial charge in [0.1, 0.15) is 29.1 Å². The van der Waals surface area contributed by atoms with Crippen LogP contribution < -0.4 is 15.2 Å². The molecule has 1 amide bonds. The number of carbonyl (C=O) groups is 1. The summed E-state index contributed by atoms with van der Waals surface area (Å²) in [5, 5.41) is -1.33. The predicted octanol–water partition coefficient (Wildman–Crippen LogP) is 5.47. The fourth-order valence-electron chi connectivity index (χ4n) is 2.19. The molecular weight excluding hydrogens is 468 g/mol. The van der Waals surface area contributed by atoms with Crippen LogP contribution >= 0.6 is 11.6 Å². The second-order valence-corrected chi connectivity index (χ2v) is 6.02. The van der Waals surface area contributed by atoms with Gasteiger partial charge in [-0.15, -0.1) is 0 Å². The molecule has 32 heavy (non-hydrogen) atoms. The van der Waals surface area contributed by atoms with Gasteiger partial charge >= 0.3 is 12.8 Å². The van der Waals surface area contributed by atoms with Gasteiger partial charge in [-0.3, -0.25) is 4.79 Å². The third kappa shape index (κ3) is 6.74. The molecule has 1 heterocycles. The first kappa shape index (κ1) is 24.7. The van der Waals surface area contributed by atoms with Gasteiger partial charge in [-0.2, -0.15) is 22.0 Å². The van der Waals surface area contributed by atoms with E-state index in [1.165, 1.54) is 6.33 Å². The summed E-state index contributed by atoms with van der Waals surface area (Å²) in [5.41, 5.74) is 2.41. The van der Waals surface area contributed by atoms with Crippen molar-refractivity contribution in [3.8, 4) is 17.2 Å². The van der Waals surface area contributed by atoms with Gasteiger partial charge in [0.25, 0.3) is 5.91 Å². The lowest BCUT2D eigenvalue weighted by atomic mass is 10.1.